The molecule has 0 amide bonds. The van der Waals surface area contributed by atoms with Crippen molar-refractivity contribution in [3.8, 4) is 39.4 Å². The molecule has 0 aromatic heterocycles. The minimum atomic E-state index is 0. The largest absolute Gasteiger partial charge is 0.202 e. The SMILES string of the molecule is C#N.C#N.C#N.C#N.C#N.C#N.Cl.Cl.Cl.[Fe]. The van der Waals surface area contributed by atoms with Crippen molar-refractivity contribution in [2.24, 2.45) is 0 Å². The maximum atomic E-state index is 6.50. The van der Waals surface area contributed by atoms with E-state index in [4.69, 9.17) is 31.6 Å². The topological polar surface area (TPSA) is 143 Å². The van der Waals surface area contributed by atoms with E-state index >= 15 is 0 Å². The molecule has 0 heterocycles. The molecule has 0 saturated carbocycles. The molecular formula is C6H9Cl3FeN6. The van der Waals surface area contributed by atoms with Crippen molar-refractivity contribution in [2.45, 2.75) is 0 Å². The first-order valence-electron chi connectivity index (χ1n) is 1.55. The maximum absolute atomic E-state index is 6.50. The summed E-state index contributed by atoms with van der Waals surface area (Å²) in [6, 6.07) is 0. The molecular weight excluding hydrogens is 318 g/mol. The Bertz CT molecular complexity index is 103. The van der Waals surface area contributed by atoms with E-state index in [-0.39, 0.29) is 54.3 Å². The molecule has 0 fully saturated rings. The van der Waals surface area contributed by atoms with Gasteiger partial charge in [-0.2, -0.15) is 0 Å². The number of halogens is 3. The first-order valence-corrected chi connectivity index (χ1v) is 1.55. The van der Waals surface area contributed by atoms with Crippen molar-refractivity contribution in [1.29, 1.82) is 31.6 Å². The van der Waals surface area contributed by atoms with Gasteiger partial charge in [0.15, 0.2) is 0 Å². The van der Waals surface area contributed by atoms with E-state index in [9.17, 15) is 0 Å². The van der Waals surface area contributed by atoms with E-state index in [1.165, 1.54) is 0 Å². The van der Waals surface area contributed by atoms with Crippen LogP contribution < -0.4 is 0 Å². The van der Waals surface area contributed by atoms with E-state index in [0.29, 0.717) is 0 Å². The molecule has 0 saturated heterocycles. The van der Waals surface area contributed by atoms with Gasteiger partial charge in [-0.1, -0.05) is 0 Å². The Morgan fingerprint density at radius 3 is 0.312 bits per heavy atom. The van der Waals surface area contributed by atoms with Gasteiger partial charge in [0.05, 0.1) is 0 Å². The van der Waals surface area contributed by atoms with Crippen LogP contribution >= 0.6 is 37.2 Å². The second-order valence-electron chi connectivity index (χ2n) is 0. The van der Waals surface area contributed by atoms with Gasteiger partial charge in [-0.15, -0.1) is 37.2 Å². The number of hydrogen-bond acceptors (Lipinski definition) is 6. The molecule has 0 spiro atoms. The first kappa shape index (κ1) is 136. The predicted molar refractivity (Wildman–Crippen MR) is 61.8 cm³/mol. The van der Waals surface area contributed by atoms with Crippen LogP contribution in [0, 0.1) is 71.0 Å². The molecule has 0 N–H and O–H groups in total. The molecule has 0 aromatic rings. The van der Waals surface area contributed by atoms with Crippen LogP contribution in [0.25, 0.3) is 0 Å². The van der Waals surface area contributed by atoms with E-state index in [2.05, 4.69) is 39.4 Å². The zero-order chi connectivity index (χ0) is 12.0. The van der Waals surface area contributed by atoms with Crippen LogP contribution in [0.4, 0.5) is 0 Å². The summed E-state index contributed by atoms with van der Waals surface area (Å²) < 4.78 is 0. The van der Waals surface area contributed by atoms with Gasteiger partial charge in [-0.05, 0) is 0 Å². The Kier molecular flexibility index (Phi) is 6160. The molecule has 0 bridgehead atoms. The molecule has 0 rings (SSSR count). The van der Waals surface area contributed by atoms with Crippen LogP contribution in [0.3, 0.4) is 0 Å². The van der Waals surface area contributed by atoms with Crippen molar-refractivity contribution in [1.82, 2.24) is 0 Å². The van der Waals surface area contributed by atoms with E-state index < -0.39 is 0 Å². The van der Waals surface area contributed by atoms with Gasteiger partial charge in [-0.25, -0.2) is 31.6 Å². The molecule has 0 aliphatic rings. The normalized spacial score (nSPS) is 0.750. The van der Waals surface area contributed by atoms with Crippen LogP contribution in [-0.4, -0.2) is 0 Å². The summed E-state index contributed by atoms with van der Waals surface area (Å²) in [6.45, 7) is 21.0. The van der Waals surface area contributed by atoms with Crippen LogP contribution in [0.2, 0.25) is 0 Å². The summed E-state index contributed by atoms with van der Waals surface area (Å²) in [5.41, 5.74) is 0. The fourth-order valence-corrected chi connectivity index (χ4v) is 0. The first-order chi connectivity index (χ1) is 6.00. The summed E-state index contributed by atoms with van der Waals surface area (Å²) in [6.07, 6.45) is 0. The third kappa shape index (κ3) is 567. The van der Waals surface area contributed by atoms with Crippen molar-refractivity contribution in [2.75, 3.05) is 0 Å². The van der Waals surface area contributed by atoms with Crippen molar-refractivity contribution < 1.29 is 17.1 Å². The monoisotopic (exact) mass is 326 g/mol. The van der Waals surface area contributed by atoms with E-state index in [1.54, 1.807) is 0 Å². The summed E-state index contributed by atoms with van der Waals surface area (Å²) in [5, 5.41) is 39.0. The predicted octanol–water partition coefficient (Wildman–Crippen LogP) is 2.10. The number of hydrogen-bond donors (Lipinski definition) is 0. The average molecular weight is 327 g/mol. The Hall–Kier alpha value is -1.67. The molecule has 16 heavy (non-hydrogen) atoms. The molecule has 92 valence electrons. The Balaban J connectivity index is -0.00000000321. The van der Waals surface area contributed by atoms with Crippen LogP contribution in [0.5, 0.6) is 0 Å². The minimum absolute atomic E-state index is 0. The molecule has 0 aromatic carbocycles. The molecule has 0 aliphatic heterocycles. The average Bonchev–Trinajstić information content (AvgIpc) is 2.33. The van der Waals surface area contributed by atoms with Crippen LogP contribution in [0.1, 0.15) is 0 Å². The quantitative estimate of drug-likeness (QED) is 0.623. The summed E-state index contributed by atoms with van der Waals surface area (Å²) in [5.74, 6) is 0. The summed E-state index contributed by atoms with van der Waals surface area (Å²) >= 11 is 0. The number of nitriles is 6. The second-order valence-corrected chi connectivity index (χ2v) is 0. The van der Waals surface area contributed by atoms with Gasteiger partial charge in [-0.3, -0.25) is 0 Å². The van der Waals surface area contributed by atoms with Crippen molar-refractivity contribution in [3.63, 3.8) is 0 Å². The van der Waals surface area contributed by atoms with Gasteiger partial charge in [0.25, 0.3) is 0 Å². The number of rotatable bonds is 0. The molecule has 0 aliphatic carbocycles. The van der Waals surface area contributed by atoms with Gasteiger partial charge in [0.1, 0.15) is 0 Å². The van der Waals surface area contributed by atoms with Crippen molar-refractivity contribution in [3.05, 3.63) is 0 Å². The minimum Gasteiger partial charge on any atom is -0.202 e. The smallest absolute Gasteiger partial charge is 0.0462 e. The van der Waals surface area contributed by atoms with E-state index in [0.717, 1.165) is 0 Å². The molecule has 0 radical (unpaired) electrons. The Labute approximate surface area is 125 Å². The zero-order valence-corrected chi connectivity index (χ0v) is 11.3. The molecule has 0 unspecified atom stereocenters. The molecule has 0 atom stereocenters. The Morgan fingerprint density at radius 2 is 0.312 bits per heavy atom. The summed E-state index contributed by atoms with van der Waals surface area (Å²) in [4.78, 5) is 0. The van der Waals surface area contributed by atoms with Crippen LogP contribution in [-0.2, 0) is 17.1 Å². The Morgan fingerprint density at radius 1 is 0.312 bits per heavy atom. The zero-order valence-electron chi connectivity index (χ0n) is 7.73. The van der Waals surface area contributed by atoms with E-state index in [1.807, 2.05) is 0 Å². The van der Waals surface area contributed by atoms with Crippen molar-refractivity contribution >= 4 is 37.2 Å². The fraction of sp³-hybridized carbons (Fsp3) is 0. The molecule has 10 heteroatoms. The summed E-state index contributed by atoms with van der Waals surface area (Å²) in [7, 11) is 0. The van der Waals surface area contributed by atoms with Gasteiger partial charge in [0, 0.05) is 56.5 Å². The third-order valence-corrected chi connectivity index (χ3v) is 0. The standard InChI is InChI=1S/6CHN.3ClH.Fe/c6*1-2;;;;/h6*1H;3*1H;. The molecule has 6 nitrogen and oxygen atoms in total. The van der Waals surface area contributed by atoms with Crippen LogP contribution in [0.15, 0.2) is 0 Å². The number of nitrogens with zero attached hydrogens (tertiary/aromatic N) is 6. The van der Waals surface area contributed by atoms with Gasteiger partial charge >= 0.3 is 0 Å². The van der Waals surface area contributed by atoms with Gasteiger partial charge < -0.3 is 0 Å². The van der Waals surface area contributed by atoms with Gasteiger partial charge in [0.2, 0.25) is 0 Å². The second kappa shape index (κ2) is 726. The fourth-order valence-electron chi connectivity index (χ4n) is 0. The third-order valence-electron chi connectivity index (χ3n) is 0. The maximum Gasteiger partial charge on any atom is 0.0462 e.